The Labute approximate surface area is 123 Å². The molecule has 2 atom stereocenters. The fourth-order valence-electron chi connectivity index (χ4n) is 1.92. The minimum atomic E-state index is -1.22. The third-order valence-electron chi connectivity index (χ3n) is 2.75. The van der Waals surface area contributed by atoms with Crippen molar-refractivity contribution in [3.63, 3.8) is 0 Å². The highest BCUT2D eigenvalue weighted by Crippen LogP contribution is 2.23. The van der Waals surface area contributed by atoms with E-state index < -0.39 is 35.4 Å². The molecule has 1 unspecified atom stereocenters. The molecule has 0 fully saturated rings. The van der Waals surface area contributed by atoms with Gasteiger partial charge >= 0.3 is 12.1 Å². The van der Waals surface area contributed by atoms with Gasteiger partial charge in [-0.3, -0.25) is 4.79 Å². The van der Waals surface area contributed by atoms with Crippen LogP contribution in [-0.2, 0) is 9.53 Å². The van der Waals surface area contributed by atoms with E-state index in [1.165, 1.54) is 25.1 Å². The van der Waals surface area contributed by atoms with Crippen LogP contribution in [0.3, 0.4) is 0 Å². The molecule has 1 aromatic carbocycles. The van der Waals surface area contributed by atoms with Crippen molar-refractivity contribution in [3.05, 3.63) is 35.6 Å². The highest BCUT2D eigenvalue weighted by molar-refractivity contribution is 5.78. The second-order valence-electron chi connectivity index (χ2n) is 5.77. The van der Waals surface area contributed by atoms with Crippen LogP contribution in [0.15, 0.2) is 24.3 Å². The summed E-state index contributed by atoms with van der Waals surface area (Å²) in [6.07, 6.45) is -0.738. The van der Waals surface area contributed by atoms with Crippen molar-refractivity contribution in [2.75, 3.05) is 0 Å². The summed E-state index contributed by atoms with van der Waals surface area (Å²) in [5.74, 6) is -3.04. The van der Waals surface area contributed by atoms with Crippen molar-refractivity contribution < 1.29 is 23.8 Å². The van der Waals surface area contributed by atoms with E-state index in [9.17, 15) is 19.1 Å². The molecule has 0 heterocycles. The predicted octanol–water partition coefficient (Wildman–Crippen LogP) is 2.91. The normalized spacial score (nSPS) is 14.1. The van der Waals surface area contributed by atoms with Gasteiger partial charge in [0.05, 0.1) is 0 Å². The standard InChI is InChI=1S/C15H20FNO4/c1-9(17-14(20)21-15(2,3)4)12(13(18)19)10-7-5-6-8-11(10)16/h5-9,12H,1-4H3,(H,17,20)(H,18,19)/t9-,12?/m1/s1. The second-order valence-corrected chi connectivity index (χ2v) is 5.77. The molecule has 0 saturated carbocycles. The van der Waals surface area contributed by atoms with Crippen LogP contribution in [0.5, 0.6) is 0 Å². The van der Waals surface area contributed by atoms with Gasteiger partial charge < -0.3 is 15.2 Å². The smallest absolute Gasteiger partial charge is 0.407 e. The molecule has 0 aliphatic carbocycles. The van der Waals surface area contributed by atoms with Gasteiger partial charge in [0.15, 0.2) is 0 Å². The number of amides is 1. The molecular formula is C15H20FNO4. The number of halogens is 1. The van der Waals surface area contributed by atoms with E-state index in [1.54, 1.807) is 26.8 Å². The average molecular weight is 297 g/mol. The van der Waals surface area contributed by atoms with Gasteiger partial charge in [-0.05, 0) is 33.8 Å². The number of hydrogen-bond acceptors (Lipinski definition) is 3. The molecule has 0 aliphatic rings. The molecule has 0 aliphatic heterocycles. The number of nitrogens with one attached hydrogen (secondary N) is 1. The first-order chi connectivity index (χ1) is 9.61. The molecule has 0 spiro atoms. The zero-order valence-electron chi connectivity index (χ0n) is 12.5. The summed E-state index contributed by atoms with van der Waals surface area (Å²) in [6.45, 7) is 6.59. The van der Waals surface area contributed by atoms with E-state index in [0.29, 0.717) is 0 Å². The number of benzene rings is 1. The highest BCUT2D eigenvalue weighted by atomic mass is 19.1. The van der Waals surface area contributed by atoms with Gasteiger partial charge in [0.2, 0.25) is 0 Å². The molecule has 21 heavy (non-hydrogen) atoms. The van der Waals surface area contributed by atoms with E-state index >= 15 is 0 Å². The third kappa shape index (κ3) is 5.06. The van der Waals surface area contributed by atoms with Gasteiger partial charge in [0.1, 0.15) is 17.3 Å². The SMILES string of the molecule is C[C@@H](NC(=O)OC(C)(C)C)C(C(=O)O)c1ccccc1F. The molecule has 116 valence electrons. The monoisotopic (exact) mass is 297 g/mol. The summed E-state index contributed by atoms with van der Waals surface area (Å²) < 4.78 is 18.8. The van der Waals surface area contributed by atoms with Gasteiger partial charge in [0, 0.05) is 11.6 Å². The van der Waals surface area contributed by atoms with Crippen LogP contribution < -0.4 is 5.32 Å². The Morgan fingerprint density at radius 1 is 1.29 bits per heavy atom. The summed E-state index contributed by atoms with van der Waals surface area (Å²) >= 11 is 0. The lowest BCUT2D eigenvalue weighted by Crippen LogP contribution is -2.42. The first-order valence-corrected chi connectivity index (χ1v) is 6.58. The molecule has 0 bridgehead atoms. The van der Waals surface area contributed by atoms with Crippen molar-refractivity contribution in [1.29, 1.82) is 0 Å². The lowest BCUT2D eigenvalue weighted by molar-refractivity contribution is -0.139. The van der Waals surface area contributed by atoms with Gasteiger partial charge in [-0.1, -0.05) is 18.2 Å². The lowest BCUT2D eigenvalue weighted by atomic mass is 9.92. The van der Waals surface area contributed by atoms with E-state index in [2.05, 4.69) is 5.32 Å². The fourth-order valence-corrected chi connectivity index (χ4v) is 1.92. The van der Waals surface area contributed by atoms with Gasteiger partial charge in [-0.25, -0.2) is 9.18 Å². The van der Waals surface area contributed by atoms with Gasteiger partial charge in [0.25, 0.3) is 0 Å². The first kappa shape index (κ1) is 16.9. The molecule has 5 nitrogen and oxygen atoms in total. The van der Waals surface area contributed by atoms with Crippen LogP contribution in [0.1, 0.15) is 39.2 Å². The number of rotatable bonds is 4. The van der Waals surface area contributed by atoms with Crippen molar-refractivity contribution in [2.45, 2.75) is 45.3 Å². The third-order valence-corrected chi connectivity index (χ3v) is 2.75. The minimum absolute atomic E-state index is 0.0218. The molecule has 1 aromatic rings. The number of carboxylic acid groups (broad SMARTS) is 1. The Balaban J connectivity index is 2.90. The number of aliphatic carboxylic acids is 1. The van der Waals surface area contributed by atoms with E-state index in [1.807, 2.05) is 0 Å². The Kier molecular flexibility index (Phi) is 5.29. The molecule has 1 rings (SSSR count). The predicted molar refractivity (Wildman–Crippen MR) is 75.6 cm³/mol. The molecule has 0 saturated heterocycles. The maximum absolute atomic E-state index is 13.8. The summed E-state index contributed by atoms with van der Waals surface area (Å²) in [5.41, 5.74) is -0.672. The van der Waals surface area contributed by atoms with Crippen LogP contribution in [0.2, 0.25) is 0 Å². The van der Waals surface area contributed by atoms with Crippen molar-refractivity contribution in [1.82, 2.24) is 5.32 Å². The Hall–Kier alpha value is -2.11. The van der Waals surface area contributed by atoms with Gasteiger partial charge in [-0.15, -0.1) is 0 Å². The Morgan fingerprint density at radius 2 is 1.86 bits per heavy atom. The van der Waals surface area contributed by atoms with Crippen LogP contribution >= 0.6 is 0 Å². The number of hydrogen-bond donors (Lipinski definition) is 2. The molecule has 1 amide bonds. The first-order valence-electron chi connectivity index (χ1n) is 6.58. The second kappa shape index (κ2) is 6.56. The maximum Gasteiger partial charge on any atom is 0.407 e. The molecule has 6 heteroatoms. The van der Waals surface area contributed by atoms with Crippen LogP contribution in [-0.4, -0.2) is 28.8 Å². The number of ether oxygens (including phenoxy) is 1. The minimum Gasteiger partial charge on any atom is -0.481 e. The van der Waals surface area contributed by atoms with Crippen LogP contribution in [0.25, 0.3) is 0 Å². The zero-order valence-corrected chi connectivity index (χ0v) is 12.5. The van der Waals surface area contributed by atoms with Crippen molar-refractivity contribution >= 4 is 12.1 Å². The molecular weight excluding hydrogens is 277 g/mol. The van der Waals surface area contributed by atoms with E-state index in [4.69, 9.17) is 4.74 Å². The van der Waals surface area contributed by atoms with E-state index in [0.717, 1.165) is 0 Å². The van der Waals surface area contributed by atoms with Crippen molar-refractivity contribution in [2.24, 2.45) is 0 Å². The summed E-state index contributed by atoms with van der Waals surface area (Å²) in [4.78, 5) is 23.1. The molecule has 0 radical (unpaired) electrons. The fraction of sp³-hybridized carbons (Fsp3) is 0.467. The summed E-state index contributed by atoms with van der Waals surface area (Å²) in [5, 5.41) is 11.7. The van der Waals surface area contributed by atoms with Crippen LogP contribution in [0.4, 0.5) is 9.18 Å². The Bertz CT molecular complexity index is 525. The van der Waals surface area contributed by atoms with Crippen molar-refractivity contribution in [3.8, 4) is 0 Å². The lowest BCUT2D eigenvalue weighted by Gasteiger charge is -2.25. The maximum atomic E-state index is 13.8. The topological polar surface area (TPSA) is 75.6 Å². The highest BCUT2D eigenvalue weighted by Gasteiger charge is 2.31. The van der Waals surface area contributed by atoms with Gasteiger partial charge in [-0.2, -0.15) is 0 Å². The largest absolute Gasteiger partial charge is 0.481 e. The number of carbonyl (C=O) groups excluding carboxylic acids is 1. The van der Waals surface area contributed by atoms with E-state index in [-0.39, 0.29) is 5.56 Å². The quantitative estimate of drug-likeness (QED) is 0.896. The molecule has 2 N–H and O–H groups in total. The molecule has 0 aromatic heterocycles. The zero-order chi connectivity index (χ0) is 16.2. The average Bonchev–Trinajstić information content (AvgIpc) is 2.28. The van der Waals surface area contributed by atoms with Crippen LogP contribution in [0, 0.1) is 5.82 Å². The number of alkyl carbamates (subject to hydrolysis) is 1. The number of carboxylic acids is 1. The number of carbonyl (C=O) groups is 2. The summed E-state index contributed by atoms with van der Waals surface area (Å²) in [6, 6.07) is 4.78. The summed E-state index contributed by atoms with van der Waals surface area (Å²) in [7, 11) is 0. The Morgan fingerprint density at radius 3 is 2.33 bits per heavy atom.